The summed E-state index contributed by atoms with van der Waals surface area (Å²) in [7, 11) is 1.08. The summed E-state index contributed by atoms with van der Waals surface area (Å²) in [5.41, 5.74) is 0. The zero-order chi connectivity index (χ0) is 9.90. The maximum absolute atomic E-state index is 4.56. The third-order valence-electron chi connectivity index (χ3n) is 0.958. The van der Waals surface area contributed by atoms with E-state index in [1.165, 1.54) is 6.26 Å². The van der Waals surface area contributed by atoms with Gasteiger partial charge in [0, 0.05) is 10.1 Å². The van der Waals surface area contributed by atoms with Crippen LogP contribution < -0.4 is 0 Å². The van der Waals surface area contributed by atoms with Gasteiger partial charge in [-0.3, -0.25) is 0 Å². The van der Waals surface area contributed by atoms with Crippen LogP contribution in [0.2, 0.25) is 0 Å². The molecule has 0 aromatic carbocycles. The Hall–Kier alpha value is -0.540. The van der Waals surface area contributed by atoms with Gasteiger partial charge in [0.25, 0.3) is 0 Å². The van der Waals surface area contributed by atoms with Gasteiger partial charge in [0.05, 0.1) is 0 Å². The lowest BCUT2D eigenvalue weighted by Gasteiger charge is -1.96. The first-order valence-corrected chi connectivity index (χ1v) is 6.30. The summed E-state index contributed by atoms with van der Waals surface area (Å²) in [5, 5.41) is 12.3. The zero-order valence-corrected chi connectivity index (χ0v) is 8.92. The molecule has 0 aliphatic carbocycles. The van der Waals surface area contributed by atoms with Gasteiger partial charge in [0.1, 0.15) is 14.8 Å². The molecule has 0 saturated heterocycles. The molecule has 0 radical (unpaired) electrons. The molecule has 1 heterocycles. The van der Waals surface area contributed by atoms with E-state index in [1.54, 1.807) is 12.2 Å². The van der Waals surface area contributed by atoms with E-state index in [9.17, 15) is 0 Å². The smallest absolute Gasteiger partial charge is 0.132 e. The Morgan fingerprint density at radius 1 is 0.857 bits per heavy atom. The van der Waals surface area contributed by atoms with Crippen LogP contribution in [0.4, 0.5) is 0 Å². The first kappa shape index (κ1) is 11.5. The lowest BCUT2D eigenvalue weighted by atomic mass is 10.4. The van der Waals surface area contributed by atoms with E-state index < -0.39 is 0 Å². The van der Waals surface area contributed by atoms with E-state index in [2.05, 4.69) is 24.7 Å². The van der Waals surface area contributed by atoms with E-state index in [0.717, 1.165) is 7.89 Å². The molecule has 14 heavy (non-hydrogen) atoms. The van der Waals surface area contributed by atoms with Crippen molar-refractivity contribution in [2.45, 2.75) is 0 Å². The van der Waals surface area contributed by atoms with Crippen molar-refractivity contribution in [2.24, 2.45) is 0 Å². The van der Waals surface area contributed by atoms with Crippen LogP contribution in [0.15, 0.2) is 36.6 Å². The lowest BCUT2D eigenvalue weighted by Crippen LogP contribution is -1.91. The Morgan fingerprint density at radius 2 is 1.71 bits per heavy atom. The second-order valence-corrected chi connectivity index (χ2v) is 4.08. The highest BCUT2D eigenvalue weighted by Gasteiger charge is 1.88. The Morgan fingerprint density at radius 3 is 2.71 bits per heavy atom. The van der Waals surface area contributed by atoms with Crippen molar-refractivity contribution in [3.8, 4) is 0 Å². The highest BCUT2D eigenvalue weighted by atomic mass is 32.0. The number of rotatable bonds is 0. The Labute approximate surface area is 84.2 Å². The fourth-order valence-electron chi connectivity index (χ4n) is 0.494. The van der Waals surface area contributed by atoms with E-state index >= 15 is 0 Å². The van der Waals surface area contributed by atoms with Crippen LogP contribution in [-0.2, 0) is 24.7 Å². The van der Waals surface area contributed by atoms with Gasteiger partial charge in [-0.25, -0.2) is 0 Å². The average molecular weight is 234 g/mol. The van der Waals surface area contributed by atoms with Crippen molar-refractivity contribution in [2.75, 3.05) is 0 Å². The van der Waals surface area contributed by atoms with Crippen molar-refractivity contribution < 1.29 is 24.7 Å². The molecule has 76 valence electrons. The molecule has 0 saturated carbocycles. The monoisotopic (exact) mass is 234 g/mol. The number of allylic oxidation sites excluding steroid dienone is 5. The van der Waals surface area contributed by atoms with Gasteiger partial charge in [-0.2, -0.15) is 4.67 Å². The minimum absolute atomic E-state index is 0.114. The van der Waals surface area contributed by atoms with E-state index in [-0.39, 0.29) is 8.50 Å². The molecule has 0 aromatic rings. The molecule has 1 aliphatic heterocycles. The number of hydrogen-bond acceptors (Lipinski definition) is 5. The van der Waals surface area contributed by atoms with Gasteiger partial charge in [0.2, 0.25) is 0 Å². The summed E-state index contributed by atoms with van der Waals surface area (Å²) in [6, 6.07) is 0. The molecule has 0 aromatic heterocycles. The average Bonchev–Trinajstić information content (AvgIpc) is 2.22. The molecule has 0 bridgehead atoms. The van der Waals surface area contributed by atoms with Crippen LogP contribution in [0.1, 0.15) is 0 Å². The molecule has 5 nitrogen and oxygen atoms in total. The predicted octanol–water partition coefficient (Wildman–Crippen LogP) is 2.63. The maximum atomic E-state index is 4.56. The van der Waals surface area contributed by atoms with Crippen LogP contribution in [-0.4, -0.2) is 5.80 Å². The highest BCUT2D eigenvalue weighted by molar-refractivity contribution is 8.08. The maximum Gasteiger partial charge on any atom is 0.132 e. The topological polar surface area (TPSA) is 46.2 Å². The summed E-state index contributed by atoms with van der Waals surface area (Å²) in [4.78, 5) is 4.39. The Balaban J connectivity index is 2.36. The third kappa shape index (κ3) is 6.92. The number of hydrogen-bond donors (Lipinski definition) is 0. The van der Waals surface area contributed by atoms with Crippen LogP contribution in [0.5, 0.6) is 0 Å². The molecule has 1 rings (SSSR count). The third-order valence-corrected chi connectivity index (χ3v) is 2.51. The van der Waals surface area contributed by atoms with Crippen LogP contribution in [0, 0.1) is 0 Å². The predicted molar refractivity (Wildman–Crippen MR) is 54.1 cm³/mol. The van der Waals surface area contributed by atoms with Crippen LogP contribution >= 0.6 is 16.4 Å². The van der Waals surface area contributed by atoms with E-state index in [4.69, 9.17) is 0 Å². The SMILES string of the molecule is C1=CC=COOOOOPP=CC=C1. The fraction of sp³-hybridized carbons (Fsp3) is 0. The largest absolute Gasteiger partial charge is 0.314 e. The van der Waals surface area contributed by atoms with Gasteiger partial charge in [-0.05, 0) is 24.8 Å². The van der Waals surface area contributed by atoms with Gasteiger partial charge >= 0.3 is 0 Å². The molecule has 0 N–H and O–H groups in total. The molecule has 1 unspecified atom stereocenters. The molecule has 1 atom stereocenters. The summed E-state index contributed by atoms with van der Waals surface area (Å²) >= 11 is 0. The molecule has 0 amide bonds. The molecule has 7 heteroatoms. The van der Waals surface area contributed by atoms with Gasteiger partial charge in [0.15, 0.2) is 0 Å². The van der Waals surface area contributed by atoms with Crippen molar-refractivity contribution in [3.63, 3.8) is 0 Å². The quantitative estimate of drug-likeness (QED) is 0.476. The van der Waals surface area contributed by atoms with E-state index in [1.807, 2.05) is 24.0 Å². The summed E-state index contributed by atoms with van der Waals surface area (Å²) in [5.74, 6) is 1.92. The molecule has 0 spiro atoms. The van der Waals surface area contributed by atoms with Crippen molar-refractivity contribution in [1.29, 1.82) is 0 Å². The van der Waals surface area contributed by atoms with Crippen LogP contribution in [0.3, 0.4) is 0 Å². The highest BCUT2D eigenvalue weighted by Crippen LogP contribution is 2.28. The van der Waals surface area contributed by atoms with E-state index in [0.29, 0.717) is 0 Å². The van der Waals surface area contributed by atoms with Crippen molar-refractivity contribution >= 4 is 22.2 Å². The second kappa shape index (κ2) is 9.03. The minimum atomic E-state index is 0.114. The summed E-state index contributed by atoms with van der Waals surface area (Å²) in [6.45, 7) is 0. The first-order chi connectivity index (χ1) is 7.00. The summed E-state index contributed by atoms with van der Waals surface area (Å²) in [6.07, 6.45) is 10.3. The summed E-state index contributed by atoms with van der Waals surface area (Å²) < 4.78 is 4.56. The fourth-order valence-corrected chi connectivity index (χ4v) is 1.50. The van der Waals surface area contributed by atoms with Gasteiger partial charge in [-0.15, -0.1) is 0 Å². The first-order valence-electron chi connectivity index (χ1n) is 3.59. The lowest BCUT2D eigenvalue weighted by molar-refractivity contribution is -0.681. The van der Waals surface area contributed by atoms with Crippen LogP contribution in [0.25, 0.3) is 0 Å². The molecule has 0 fully saturated rings. The molecule has 1 aliphatic rings. The van der Waals surface area contributed by atoms with Crippen molar-refractivity contribution in [3.05, 3.63) is 36.6 Å². The minimum Gasteiger partial charge on any atom is -0.314 e. The molecular weight excluding hydrogens is 226 g/mol. The van der Waals surface area contributed by atoms with Gasteiger partial charge in [-0.1, -0.05) is 24.3 Å². The molecular formula is C7H8O5P2. The second-order valence-electron chi connectivity index (χ2n) is 1.85. The van der Waals surface area contributed by atoms with Crippen molar-refractivity contribution in [1.82, 2.24) is 0 Å². The normalized spacial score (nSPS) is 21.7. The van der Waals surface area contributed by atoms with Gasteiger partial charge < -0.3 is 4.89 Å². The Bertz CT molecular complexity index is 222. The Kier molecular flexibility index (Phi) is 7.44. The standard InChI is InChI=1S/C7H8O5P2/c1-2-4-6-8-9-10-11-12-14-13-7-5-3-1/h1-7,14H. The zero-order valence-electron chi connectivity index (χ0n) is 7.03.